The van der Waals surface area contributed by atoms with E-state index in [1.165, 1.54) is 11.3 Å². The quantitative estimate of drug-likeness (QED) is 0.663. The maximum atomic E-state index is 10.5. The molecule has 1 aromatic heterocycles. The van der Waals surface area contributed by atoms with Gasteiger partial charge in [-0.25, -0.2) is 0 Å². The van der Waals surface area contributed by atoms with Crippen molar-refractivity contribution >= 4 is 22.2 Å². The number of carbonyl (C=O) groups excluding carboxylic acids is 1. The number of nitrogens with one attached hydrogen (secondary N) is 1. The number of hydrogen-bond donors (Lipinski definition) is 2. The fourth-order valence-electron chi connectivity index (χ4n) is 0.527. The largest absolute Gasteiger partial charge is 0.387 e. The summed E-state index contributed by atoms with van der Waals surface area (Å²) in [6, 6.07) is 3.61. The van der Waals surface area contributed by atoms with E-state index < -0.39 is 6.61 Å². The molecule has 0 aliphatic rings. The molecule has 54 valence electrons. The Bertz CT molecular complexity index is 208. The van der Waals surface area contributed by atoms with Crippen molar-refractivity contribution in [3.05, 3.63) is 17.5 Å². The summed E-state index contributed by atoms with van der Waals surface area (Å²) >= 11 is 1.42. The first-order chi connectivity index (χ1) is 4.83. The van der Waals surface area contributed by atoms with Crippen LogP contribution in [0.2, 0.25) is 0 Å². The molecule has 2 N–H and O–H groups in total. The molecule has 1 amide bonds. The van der Waals surface area contributed by atoms with Gasteiger partial charge >= 0.3 is 0 Å². The molecule has 0 radical (unpaired) electrons. The first-order valence-corrected chi connectivity index (χ1v) is 3.65. The number of thiophene rings is 1. The van der Waals surface area contributed by atoms with Crippen molar-refractivity contribution in [2.45, 2.75) is 0 Å². The van der Waals surface area contributed by atoms with E-state index >= 15 is 0 Å². The third kappa shape index (κ3) is 1.82. The third-order valence-corrected chi connectivity index (χ3v) is 1.71. The van der Waals surface area contributed by atoms with Crippen LogP contribution in [0.1, 0.15) is 0 Å². The highest BCUT2D eigenvalue weighted by molar-refractivity contribution is 7.14. The number of amides is 1. The standard InChI is InChI=1S/C6H7NO2S/c8-4-5(9)7-6-2-1-3-10-6/h1-3,8H,4H2,(H,7,9). The predicted octanol–water partition coefficient (Wildman–Crippen LogP) is 0.679. The second kappa shape index (κ2) is 3.34. The van der Waals surface area contributed by atoms with Crippen LogP contribution in [0.15, 0.2) is 17.5 Å². The van der Waals surface area contributed by atoms with Gasteiger partial charge in [0.2, 0.25) is 0 Å². The van der Waals surface area contributed by atoms with Crippen LogP contribution in [0, 0.1) is 0 Å². The molecule has 1 heterocycles. The molecule has 0 aromatic carbocycles. The predicted molar refractivity (Wildman–Crippen MR) is 40.0 cm³/mol. The van der Waals surface area contributed by atoms with Gasteiger partial charge in [0.05, 0.1) is 5.00 Å². The van der Waals surface area contributed by atoms with Gasteiger partial charge in [-0.15, -0.1) is 11.3 Å². The molecular weight excluding hydrogens is 150 g/mol. The molecule has 4 heteroatoms. The lowest BCUT2D eigenvalue weighted by Crippen LogP contribution is -2.14. The number of aliphatic hydroxyl groups excluding tert-OH is 1. The van der Waals surface area contributed by atoms with Gasteiger partial charge < -0.3 is 10.4 Å². The molecule has 0 aliphatic heterocycles. The Morgan fingerprint density at radius 1 is 1.80 bits per heavy atom. The van der Waals surface area contributed by atoms with Gasteiger partial charge in [0, 0.05) is 0 Å². The lowest BCUT2D eigenvalue weighted by molar-refractivity contribution is -0.118. The average Bonchev–Trinajstić information content (AvgIpc) is 2.40. The normalized spacial score (nSPS) is 9.30. The van der Waals surface area contributed by atoms with Gasteiger partial charge in [-0.1, -0.05) is 0 Å². The summed E-state index contributed by atoms with van der Waals surface area (Å²) in [6.07, 6.45) is 0. The maximum Gasteiger partial charge on any atom is 0.250 e. The maximum absolute atomic E-state index is 10.5. The van der Waals surface area contributed by atoms with Gasteiger partial charge in [-0.05, 0) is 17.5 Å². The third-order valence-electron chi connectivity index (χ3n) is 0.927. The first-order valence-electron chi connectivity index (χ1n) is 2.77. The van der Waals surface area contributed by atoms with Crippen LogP contribution >= 0.6 is 11.3 Å². The molecule has 0 bridgehead atoms. The number of rotatable bonds is 2. The lowest BCUT2D eigenvalue weighted by atomic mass is 10.6. The molecule has 0 spiro atoms. The van der Waals surface area contributed by atoms with E-state index in [0.29, 0.717) is 0 Å². The van der Waals surface area contributed by atoms with E-state index in [4.69, 9.17) is 5.11 Å². The molecule has 0 unspecified atom stereocenters. The van der Waals surface area contributed by atoms with Crippen molar-refractivity contribution in [1.29, 1.82) is 0 Å². The van der Waals surface area contributed by atoms with Crippen molar-refractivity contribution in [3.63, 3.8) is 0 Å². The summed E-state index contributed by atoms with van der Waals surface area (Å²) in [4.78, 5) is 10.5. The molecule has 0 fully saturated rings. The zero-order chi connectivity index (χ0) is 7.40. The van der Waals surface area contributed by atoms with E-state index in [9.17, 15) is 4.79 Å². The average molecular weight is 157 g/mol. The minimum absolute atomic E-state index is 0.373. The Hall–Kier alpha value is -0.870. The molecule has 0 saturated heterocycles. The summed E-state index contributed by atoms with van der Waals surface area (Å²) in [5.41, 5.74) is 0. The summed E-state index contributed by atoms with van der Waals surface area (Å²) < 4.78 is 0. The van der Waals surface area contributed by atoms with Crippen LogP contribution in [0.25, 0.3) is 0 Å². The van der Waals surface area contributed by atoms with Crippen LogP contribution in [0.4, 0.5) is 5.00 Å². The Labute approximate surface area is 62.3 Å². The van der Waals surface area contributed by atoms with Crippen molar-refractivity contribution in [2.75, 3.05) is 11.9 Å². The molecule has 0 aliphatic carbocycles. The van der Waals surface area contributed by atoms with Gasteiger partial charge in [0.1, 0.15) is 6.61 Å². The highest BCUT2D eigenvalue weighted by atomic mass is 32.1. The van der Waals surface area contributed by atoms with Crippen LogP contribution in [-0.2, 0) is 4.79 Å². The molecule has 1 rings (SSSR count). The second-order valence-electron chi connectivity index (χ2n) is 1.68. The van der Waals surface area contributed by atoms with Crippen LogP contribution in [0.5, 0.6) is 0 Å². The Morgan fingerprint density at radius 2 is 2.60 bits per heavy atom. The summed E-state index contributed by atoms with van der Waals surface area (Å²) in [7, 11) is 0. The number of anilines is 1. The van der Waals surface area contributed by atoms with E-state index in [1.807, 2.05) is 11.4 Å². The van der Waals surface area contributed by atoms with Crippen molar-refractivity contribution < 1.29 is 9.90 Å². The zero-order valence-corrected chi connectivity index (χ0v) is 6.02. The Morgan fingerprint density at radius 3 is 3.10 bits per heavy atom. The minimum atomic E-state index is -0.460. The fraction of sp³-hybridized carbons (Fsp3) is 0.167. The highest BCUT2D eigenvalue weighted by Crippen LogP contribution is 2.14. The van der Waals surface area contributed by atoms with Crippen LogP contribution in [-0.4, -0.2) is 17.6 Å². The van der Waals surface area contributed by atoms with Crippen molar-refractivity contribution in [3.8, 4) is 0 Å². The second-order valence-corrected chi connectivity index (χ2v) is 2.63. The van der Waals surface area contributed by atoms with E-state index in [2.05, 4.69) is 5.32 Å². The SMILES string of the molecule is O=C(CO)Nc1cccs1. The van der Waals surface area contributed by atoms with E-state index in [0.717, 1.165) is 5.00 Å². The monoisotopic (exact) mass is 157 g/mol. The van der Waals surface area contributed by atoms with Crippen LogP contribution in [0.3, 0.4) is 0 Å². The van der Waals surface area contributed by atoms with E-state index in [1.54, 1.807) is 6.07 Å². The molecule has 0 atom stereocenters. The van der Waals surface area contributed by atoms with E-state index in [-0.39, 0.29) is 5.91 Å². The molecule has 0 saturated carbocycles. The smallest absolute Gasteiger partial charge is 0.250 e. The topological polar surface area (TPSA) is 49.3 Å². The number of carbonyl (C=O) groups is 1. The van der Waals surface area contributed by atoms with Gasteiger partial charge in [-0.3, -0.25) is 4.79 Å². The van der Waals surface area contributed by atoms with Gasteiger partial charge in [0.25, 0.3) is 5.91 Å². The van der Waals surface area contributed by atoms with Gasteiger partial charge in [-0.2, -0.15) is 0 Å². The summed E-state index contributed by atoms with van der Waals surface area (Å²) in [5, 5.41) is 13.4. The molecule has 10 heavy (non-hydrogen) atoms. The fourth-order valence-corrected chi connectivity index (χ4v) is 1.16. The van der Waals surface area contributed by atoms with Crippen molar-refractivity contribution in [2.24, 2.45) is 0 Å². The number of hydrogen-bond acceptors (Lipinski definition) is 3. The van der Waals surface area contributed by atoms with Crippen molar-refractivity contribution in [1.82, 2.24) is 0 Å². The molecule has 3 nitrogen and oxygen atoms in total. The molecule has 1 aromatic rings. The molecular formula is C6H7NO2S. The van der Waals surface area contributed by atoms with Crippen LogP contribution < -0.4 is 5.32 Å². The Kier molecular flexibility index (Phi) is 2.42. The summed E-state index contributed by atoms with van der Waals surface area (Å²) in [6.45, 7) is -0.460. The lowest BCUT2D eigenvalue weighted by Gasteiger charge is -1.95. The Balaban J connectivity index is 2.48. The first kappa shape index (κ1) is 7.24. The highest BCUT2D eigenvalue weighted by Gasteiger charge is 1.97. The minimum Gasteiger partial charge on any atom is -0.387 e. The number of aliphatic hydroxyl groups is 1. The van der Waals surface area contributed by atoms with Gasteiger partial charge in [0.15, 0.2) is 0 Å². The zero-order valence-electron chi connectivity index (χ0n) is 5.20. The summed E-state index contributed by atoms with van der Waals surface area (Å²) in [5.74, 6) is -0.373.